The van der Waals surface area contributed by atoms with Gasteiger partial charge in [0.15, 0.2) is 6.29 Å². The van der Waals surface area contributed by atoms with Gasteiger partial charge in [-0.25, -0.2) is 0 Å². The van der Waals surface area contributed by atoms with E-state index in [1.807, 2.05) is 6.92 Å². The fourth-order valence-electron chi connectivity index (χ4n) is 4.58. The molecule has 2 aliphatic heterocycles. The minimum atomic E-state index is -4.49. The molecule has 1 atom stereocenters. The Bertz CT molecular complexity index is 1010. The summed E-state index contributed by atoms with van der Waals surface area (Å²) in [6, 6.07) is 0. The molecule has 0 saturated carbocycles. The van der Waals surface area contributed by atoms with Crippen LogP contribution in [-0.4, -0.2) is 70.2 Å². The number of carbonyl (C=O) groups excluding carboxylic acids is 1. The Labute approximate surface area is 212 Å². The van der Waals surface area contributed by atoms with Crippen molar-refractivity contribution in [1.82, 2.24) is 14.7 Å². The molecule has 0 radical (unpaired) electrons. The van der Waals surface area contributed by atoms with E-state index in [-0.39, 0.29) is 12.1 Å². The van der Waals surface area contributed by atoms with Crippen molar-refractivity contribution in [2.45, 2.75) is 70.2 Å². The van der Waals surface area contributed by atoms with E-state index in [0.717, 1.165) is 23.5 Å². The molecule has 1 saturated heterocycles. The Hall–Kier alpha value is -1.83. The summed E-state index contributed by atoms with van der Waals surface area (Å²) in [5.74, 6) is 0. The number of hydrogen-bond acceptors (Lipinski definition) is 8. The zero-order valence-electron chi connectivity index (χ0n) is 20.8. The van der Waals surface area contributed by atoms with Crippen LogP contribution in [0.5, 0.6) is 0 Å². The van der Waals surface area contributed by atoms with Gasteiger partial charge < -0.3 is 24.5 Å². The first-order chi connectivity index (χ1) is 17.0. The molecule has 12 heteroatoms. The highest BCUT2D eigenvalue weighted by molar-refractivity contribution is 7.12. The lowest BCUT2D eigenvalue weighted by Gasteiger charge is -2.43. The number of carbonyl (C=O) groups is 1. The van der Waals surface area contributed by atoms with Crippen LogP contribution in [0, 0.1) is 0 Å². The Morgan fingerprint density at radius 1 is 1.33 bits per heavy atom. The lowest BCUT2D eigenvalue weighted by atomic mass is 9.84. The second-order valence-corrected chi connectivity index (χ2v) is 10.4. The number of likely N-dealkylation sites (tertiary alicyclic amines) is 1. The first kappa shape index (κ1) is 28.7. The number of ether oxygens (including phenoxy) is 2. The number of halogens is 3. The molecular weight excluding hydrogens is 499 g/mol. The number of alkyl halides is 3. The van der Waals surface area contributed by atoms with Crippen LogP contribution in [-0.2, 0) is 52.2 Å². The van der Waals surface area contributed by atoms with Gasteiger partial charge in [0.25, 0.3) is 0 Å². The Morgan fingerprint density at radius 2 is 2.00 bits per heavy atom. The van der Waals surface area contributed by atoms with Gasteiger partial charge in [0.05, 0.1) is 26.0 Å². The number of aromatic nitrogens is 2. The summed E-state index contributed by atoms with van der Waals surface area (Å²) >= 11 is 0.721. The molecule has 0 amide bonds. The van der Waals surface area contributed by atoms with Crippen LogP contribution >= 0.6 is 11.3 Å². The lowest BCUT2D eigenvalue weighted by molar-refractivity contribution is -0.135. The molecule has 2 N–H and O–H groups in total. The van der Waals surface area contributed by atoms with Gasteiger partial charge in [-0.2, -0.15) is 18.3 Å². The number of hydrogen-bond donors (Lipinski definition) is 2. The van der Waals surface area contributed by atoms with Crippen LogP contribution in [0.4, 0.5) is 13.2 Å². The molecule has 0 aliphatic carbocycles. The fourth-order valence-corrected chi connectivity index (χ4v) is 6.01. The summed E-state index contributed by atoms with van der Waals surface area (Å²) in [5, 5.41) is 23.7. The van der Waals surface area contributed by atoms with Crippen LogP contribution in [0.15, 0.2) is 12.4 Å². The third-order valence-electron chi connectivity index (χ3n) is 6.46. The summed E-state index contributed by atoms with van der Waals surface area (Å²) in [6.07, 6.45) is 0.966. The van der Waals surface area contributed by atoms with E-state index in [0.29, 0.717) is 62.2 Å². The normalized spacial score (nSPS) is 19.3. The van der Waals surface area contributed by atoms with E-state index in [4.69, 9.17) is 4.74 Å². The van der Waals surface area contributed by atoms with Crippen molar-refractivity contribution in [2.75, 3.05) is 33.4 Å². The van der Waals surface area contributed by atoms with Crippen molar-refractivity contribution < 1.29 is 37.7 Å². The minimum absolute atomic E-state index is 0.00114. The molecule has 0 bridgehead atoms. The van der Waals surface area contributed by atoms with Gasteiger partial charge in [-0.1, -0.05) is 0 Å². The van der Waals surface area contributed by atoms with Gasteiger partial charge in [0, 0.05) is 55.6 Å². The number of piperidine rings is 1. The molecule has 4 rings (SSSR count). The summed E-state index contributed by atoms with van der Waals surface area (Å²) < 4.78 is 52.7. The van der Waals surface area contributed by atoms with Gasteiger partial charge in [-0.05, 0) is 38.7 Å². The molecule has 8 nitrogen and oxygen atoms in total. The molecule has 202 valence electrons. The molecule has 2 aromatic rings. The van der Waals surface area contributed by atoms with E-state index in [1.54, 1.807) is 19.5 Å². The first-order valence-electron chi connectivity index (χ1n) is 11.9. The quantitative estimate of drug-likeness (QED) is 0.528. The molecule has 36 heavy (non-hydrogen) atoms. The predicted molar refractivity (Wildman–Crippen MR) is 128 cm³/mol. The summed E-state index contributed by atoms with van der Waals surface area (Å²) in [4.78, 5) is 13.0. The number of aliphatic hydroxyl groups is 2. The van der Waals surface area contributed by atoms with Crippen molar-refractivity contribution in [2.24, 2.45) is 0 Å². The van der Waals surface area contributed by atoms with Crippen molar-refractivity contribution in [1.29, 1.82) is 0 Å². The lowest BCUT2D eigenvalue weighted by Crippen LogP contribution is -2.45. The highest BCUT2D eigenvalue weighted by Crippen LogP contribution is 2.50. The summed E-state index contributed by atoms with van der Waals surface area (Å²) in [5.41, 5.74) is -0.699. The topological polar surface area (TPSA) is 97.1 Å². The van der Waals surface area contributed by atoms with Crippen molar-refractivity contribution in [3.63, 3.8) is 0 Å². The van der Waals surface area contributed by atoms with Gasteiger partial charge in [0.1, 0.15) is 16.1 Å². The Balaban J connectivity index is 0.000000840. The van der Waals surface area contributed by atoms with Gasteiger partial charge in [0.2, 0.25) is 0 Å². The molecule has 4 heterocycles. The molecule has 1 unspecified atom stereocenters. The number of nitrogens with zero attached hydrogens (tertiary/aromatic N) is 3. The molecule has 1 spiro atoms. The Kier molecular flexibility index (Phi) is 9.34. The van der Waals surface area contributed by atoms with E-state index < -0.39 is 28.9 Å². The fraction of sp³-hybridized carbons (Fsp3) is 0.667. The van der Waals surface area contributed by atoms with E-state index in [2.05, 4.69) is 14.7 Å². The van der Waals surface area contributed by atoms with E-state index in [9.17, 15) is 28.2 Å². The average Bonchev–Trinajstić information content (AvgIpc) is 3.45. The van der Waals surface area contributed by atoms with Crippen LogP contribution < -0.4 is 0 Å². The van der Waals surface area contributed by atoms with Gasteiger partial charge >= 0.3 is 6.18 Å². The summed E-state index contributed by atoms with van der Waals surface area (Å²) in [6.45, 7) is 5.87. The predicted octanol–water partition coefficient (Wildman–Crippen LogP) is 3.12. The van der Waals surface area contributed by atoms with Crippen molar-refractivity contribution in [3.05, 3.63) is 38.8 Å². The number of aldehydes is 1. The maximum absolute atomic E-state index is 13.5. The standard InChI is InChI=1S/C21H26F3N3O4S.C3H8O/c1-19(30,13-29)12-27-10-14(8-25-27)9-26-5-3-20(4-6-26)17-15(2-7-31-20)16(11-28)18(32-17)21(22,23)24;1-3-4-2/h8,10,13,28,30H,2-7,9,11-12H2,1H3;3H2,1-2H3. The highest BCUT2D eigenvalue weighted by atomic mass is 32.1. The molecular formula is C24H34F3N3O5S. The van der Waals surface area contributed by atoms with E-state index >= 15 is 0 Å². The number of fused-ring (bicyclic) bond motifs is 2. The third-order valence-corrected chi connectivity index (χ3v) is 7.96. The molecule has 1 fully saturated rings. The van der Waals surface area contributed by atoms with Crippen molar-refractivity contribution in [3.8, 4) is 0 Å². The monoisotopic (exact) mass is 533 g/mol. The van der Waals surface area contributed by atoms with Crippen molar-refractivity contribution >= 4 is 17.6 Å². The smallest absolute Gasteiger partial charge is 0.392 e. The van der Waals surface area contributed by atoms with E-state index in [1.165, 1.54) is 11.6 Å². The van der Waals surface area contributed by atoms with Crippen LogP contribution in [0.3, 0.4) is 0 Å². The van der Waals surface area contributed by atoms with Crippen LogP contribution in [0.2, 0.25) is 0 Å². The zero-order valence-corrected chi connectivity index (χ0v) is 21.6. The maximum atomic E-state index is 13.5. The molecule has 0 aromatic carbocycles. The minimum Gasteiger partial charge on any atom is -0.392 e. The summed E-state index contributed by atoms with van der Waals surface area (Å²) in [7, 11) is 1.68. The largest absolute Gasteiger partial charge is 0.425 e. The average molecular weight is 534 g/mol. The highest BCUT2D eigenvalue weighted by Gasteiger charge is 2.47. The number of methoxy groups -OCH3 is 1. The Morgan fingerprint density at radius 3 is 2.56 bits per heavy atom. The van der Waals surface area contributed by atoms with Gasteiger partial charge in [-0.15, -0.1) is 11.3 Å². The molecule has 2 aliphatic rings. The van der Waals surface area contributed by atoms with Crippen LogP contribution in [0.25, 0.3) is 0 Å². The second kappa shape index (κ2) is 11.7. The number of rotatable bonds is 7. The number of aliphatic hydroxyl groups excluding tert-OH is 1. The zero-order chi connectivity index (χ0) is 26.6. The van der Waals surface area contributed by atoms with Gasteiger partial charge in [-0.3, -0.25) is 9.58 Å². The van der Waals surface area contributed by atoms with Crippen LogP contribution in [0.1, 0.15) is 53.1 Å². The second-order valence-electron chi connectivity index (χ2n) is 9.34. The third kappa shape index (κ3) is 6.53. The number of thiophene rings is 1. The maximum Gasteiger partial charge on any atom is 0.425 e. The first-order valence-corrected chi connectivity index (χ1v) is 12.7. The molecule has 2 aromatic heterocycles. The SMILES string of the molecule is CC(O)(C=O)Cn1cc(CN2CCC3(CC2)OCCc2c3sc(C(F)(F)F)c2CO)cn1.CCOC.